The van der Waals surface area contributed by atoms with E-state index in [0.29, 0.717) is 6.54 Å². The van der Waals surface area contributed by atoms with Gasteiger partial charge in [0, 0.05) is 18.7 Å². The lowest BCUT2D eigenvalue weighted by Gasteiger charge is -2.35. The van der Waals surface area contributed by atoms with E-state index in [2.05, 4.69) is 0 Å². The smallest absolute Gasteiger partial charge is 0.311 e. The molecule has 1 N–H and O–H groups in total. The Morgan fingerprint density at radius 2 is 2.25 bits per heavy atom. The maximum Gasteiger partial charge on any atom is 0.311 e. The molecule has 1 aliphatic rings. The minimum Gasteiger partial charge on any atom is -0.502 e. The summed E-state index contributed by atoms with van der Waals surface area (Å²) in [6.07, 6.45) is 3.81. The minimum atomic E-state index is -0.681. The standard InChI is InChI=1S/C14H18N2O4/c1-2-10-6-3-4-9-15(10)14(18)11-7-5-8-12(13(11)17)16(19)20/h5,7-8,10,17H,2-4,6,9H2,1H3. The molecular formula is C14H18N2O4. The van der Waals surface area contributed by atoms with E-state index in [1.165, 1.54) is 18.2 Å². The Morgan fingerprint density at radius 1 is 1.50 bits per heavy atom. The van der Waals surface area contributed by atoms with Crippen LogP contribution in [0.3, 0.4) is 0 Å². The zero-order valence-corrected chi connectivity index (χ0v) is 11.4. The Labute approximate surface area is 117 Å². The lowest BCUT2D eigenvalue weighted by atomic mass is 9.98. The number of likely N-dealkylation sites (tertiary alicyclic amines) is 1. The second-order valence-electron chi connectivity index (χ2n) is 4.99. The summed E-state index contributed by atoms with van der Waals surface area (Å²) in [5, 5.41) is 20.7. The number of carbonyl (C=O) groups excluding carboxylic acids is 1. The van der Waals surface area contributed by atoms with Crippen molar-refractivity contribution in [3.63, 3.8) is 0 Å². The maximum atomic E-state index is 12.5. The second kappa shape index (κ2) is 5.90. The molecule has 6 nitrogen and oxygen atoms in total. The van der Waals surface area contributed by atoms with Crippen LogP contribution in [0.25, 0.3) is 0 Å². The van der Waals surface area contributed by atoms with Crippen molar-refractivity contribution in [3.05, 3.63) is 33.9 Å². The van der Waals surface area contributed by atoms with Crippen LogP contribution in [0.2, 0.25) is 0 Å². The molecule has 1 fully saturated rings. The van der Waals surface area contributed by atoms with Crippen molar-refractivity contribution in [2.45, 2.75) is 38.6 Å². The molecule has 1 unspecified atom stereocenters. The van der Waals surface area contributed by atoms with Crippen LogP contribution in [0, 0.1) is 10.1 Å². The van der Waals surface area contributed by atoms with Crippen molar-refractivity contribution < 1.29 is 14.8 Å². The van der Waals surface area contributed by atoms with E-state index in [1.54, 1.807) is 4.90 Å². The molecule has 1 atom stereocenters. The summed E-state index contributed by atoms with van der Waals surface area (Å²) in [4.78, 5) is 24.4. The van der Waals surface area contributed by atoms with Gasteiger partial charge in [-0.15, -0.1) is 0 Å². The highest BCUT2D eigenvalue weighted by Crippen LogP contribution is 2.31. The SMILES string of the molecule is CCC1CCCCN1C(=O)c1cccc([N+](=O)[O-])c1O. The summed E-state index contributed by atoms with van der Waals surface area (Å²) in [5.74, 6) is -0.860. The van der Waals surface area contributed by atoms with Crippen LogP contribution >= 0.6 is 0 Å². The molecule has 0 saturated carbocycles. The molecule has 6 heteroatoms. The average molecular weight is 278 g/mol. The Morgan fingerprint density at radius 3 is 2.90 bits per heavy atom. The van der Waals surface area contributed by atoms with Gasteiger partial charge >= 0.3 is 5.69 Å². The predicted molar refractivity (Wildman–Crippen MR) is 73.7 cm³/mol. The maximum absolute atomic E-state index is 12.5. The van der Waals surface area contributed by atoms with Gasteiger partial charge in [0.2, 0.25) is 5.75 Å². The van der Waals surface area contributed by atoms with Crippen molar-refractivity contribution in [2.24, 2.45) is 0 Å². The summed E-state index contributed by atoms with van der Waals surface area (Å²) in [6.45, 7) is 2.66. The molecule has 2 rings (SSSR count). The second-order valence-corrected chi connectivity index (χ2v) is 4.99. The number of carbonyl (C=O) groups is 1. The van der Waals surface area contributed by atoms with Gasteiger partial charge in [0.15, 0.2) is 0 Å². The van der Waals surface area contributed by atoms with Gasteiger partial charge in [0.1, 0.15) is 0 Å². The fraction of sp³-hybridized carbons (Fsp3) is 0.500. The first-order valence-electron chi connectivity index (χ1n) is 6.83. The topological polar surface area (TPSA) is 83.7 Å². The third-order valence-corrected chi connectivity index (χ3v) is 3.80. The van der Waals surface area contributed by atoms with Crippen LogP contribution in [0.4, 0.5) is 5.69 Å². The van der Waals surface area contributed by atoms with Crippen LogP contribution in [0.5, 0.6) is 5.75 Å². The predicted octanol–water partition coefficient (Wildman–Crippen LogP) is 2.71. The van der Waals surface area contributed by atoms with E-state index in [1.807, 2.05) is 6.92 Å². The molecule has 1 saturated heterocycles. The van der Waals surface area contributed by atoms with Gasteiger partial charge in [-0.1, -0.05) is 13.0 Å². The quantitative estimate of drug-likeness (QED) is 0.680. The number of hydrogen-bond donors (Lipinski definition) is 1. The highest BCUT2D eigenvalue weighted by Gasteiger charge is 2.29. The Balaban J connectivity index is 2.33. The third-order valence-electron chi connectivity index (χ3n) is 3.80. The molecule has 1 aromatic rings. The van der Waals surface area contributed by atoms with Crippen molar-refractivity contribution in [1.82, 2.24) is 4.90 Å². The molecule has 0 radical (unpaired) electrons. The summed E-state index contributed by atoms with van der Waals surface area (Å²) in [5.41, 5.74) is -0.416. The molecule has 1 aliphatic heterocycles. The van der Waals surface area contributed by atoms with Crippen LogP contribution in [0.1, 0.15) is 43.0 Å². The molecule has 20 heavy (non-hydrogen) atoms. The molecule has 0 spiro atoms. The molecule has 0 aromatic heterocycles. The number of piperidine rings is 1. The number of nitro benzene ring substituents is 1. The first-order valence-corrected chi connectivity index (χ1v) is 6.83. The Bertz CT molecular complexity index is 530. The van der Waals surface area contributed by atoms with Gasteiger partial charge < -0.3 is 10.0 Å². The number of aromatic hydroxyl groups is 1. The van der Waals surface area contributed by atoms with E-state index in [9.17, 15) is 20.0 Å². The number of phenols is 1. The number of amides is 1. The fourth-order valence-corrected chi connectivity index (χ4v) is 2.70. The van der Waals surface area contributed by atoms with Gasteiger partial charge in [-0.05, 0) is 31.7 Å². The van der Waals surface area contributed by atoms with Crippen LogP contribution in [0.15, 0.2) is 18.2 Å². The summed E-state index contributed by atoms with van der Waals surface area (Å²) in [6, 6.07) is 4.21. The molecule has 1 aromatic carbocycles. The highest BCUT2D eigenvalue weighted by molar-refractivity contribution is 5.98. The van der Waals surface area contributed by atoms with Gasteiger partial charge in [-0.2, -0.15) is 0 Å². The first kappa shape index (κ1) is 14.3. The van der Waals surface area contributed by atoms with Crippen molar-refractivity contribution >= 4 is 11.6 Å². The highest BCUT2D eigenvalue weighted by atomic mass is 16.6. The zero-order valence-electron chi connectivity index (χ0n) is 11.4. The summed E-state index contributed by atoms with van der Waals surface area (Å²) >= 11 is 0. The molecule has 1 amide bonds. The van der Waals surface area contributed by atoms with Crippen LogP contribution in [-0.2, 0) is 0 Å². The molecule has 0 aliphatic carbocycles. The molecule has 108 valence electrons. The Hall–Kier alpha value is -2.11. The van der Waals surface area contributed by atoms with E-state index >= 15 is 0 Å². The van der Waals surface area contributed by atoms with Crippen LogP contribution < -0.4 is 0 Å². The third kappa shape index (κ3) is 2.59. The number of nitro groups is 1. The summed E-state index contributed by atoms with van der Waals surface area (Å²) in [7, 11) is 0. The fourth-order valence-electron chi connectivity index (χ4n) is 2.70. The van der Waals surface area contributed by atoms with E-state index in [-0.39, 0.29) is 17.5 Å². The van der Waals surface area contributed by atoms with Gasteiger partial charge in [0.25, 0.3) is 5.91 Å². The number of rotatable bonds is 3. The van der Waals surface area contributed by atoms with Gasteiger partial charge in [-0.3, -0.25) is 14.9 Å². The van der Waals surface area contributed by atoms with E-state index in [4.69, 9.17) is 0 Å². The molecular weight excluding hydrogens is 260 g/mol. The average Bonchev–Trinajstić information content (AvgIpc) is 2.46. The largest absolute Gasteiger partial charge is 0.502 e. The normalized spacial score (nSPS) is 18.9. The van der Waals surface area contributed by atoms with Gasteiger partial charge in [-0.25, -0.2) is 0 Å². The van der Waals surface area contributed by atoms with Crippen molar-refractivity contribution in [2.75, 3.05) is 6.54 Å². The number of benzene rings is 1. The zero-order chi connectivity index (χ0) is 14.7. The lowest BCUT2D eigenvalue weighted by molar-refractivity contribution is -0.385. The number of nitrogens with zero attached hydrogens (tertiary/aromatic N) is 2. The Kier molecular flexibility index (Phi) is 4.22. The monoisotopic (exact) mass is 278 g/mol. The number of hydrogen-bond acceptors (Lipinski definition) is 4. The van der Waals surface area contributed by atoms with Crippen molar-refractivity contribution in [3.8, 4) is 5.75 Å². The summed E-state index contributed by atoms with van der Waals surface area (Å²) < 4.78 is 0. The first-order chi connectivity index (χ1) is 9.56. The van der Waals surface area contributed by atoms with Crippen LogP contribution in [-0.4, -0.2) is 33.4 Å². The van der Waals surface area contributed by atoms with Gasteiger partial charge in [0.05, 0.1) is 10.5 Å². The number of para-hydroxylation sites is 1. The molecule has 0 bridgehead atoms. The molecule has 1 heterocycles. The van der Waals surface area contributed by atoms with E-state index in [0.717, 1.165) is 25.7 Å². The van der Waals surface area contributed by atoms with E-state index < -0.39 is 16.4 Å². The van der Waals surface area contributed by atoms with Crippen molar-refractivity contribution in [1.29, 1.82) is 0 Å². The minimum absolute atomic E-state index is 0.0135. The number of phenolic OH excluding ortho intramolecular Hbond substituents is 1. The lowest BCUT2D eigenvalue weighted by Crippen LogP contribution is -2.43.